The van der Waals surface area contributed by atoms with Crippen LogP contribution in [0.3, 0.4) is 0 Å². The maximum absolute atomic E-state index is 5.41. The largest absolute Gasteiger partial charge is 0.368 e. The average Bonchev–Trinajstić information content (AvgIpc) is 2.79. The van der Waals surface area contributed by atoms with Crippen LogP contribution in [0.1, 0.15) is 13.3 Å². The molecule has 5 heteroatoms. The van der Waals surface area contributed by atoms with Gasteiger partial charge in [-0.05, 0) is 18.3 Å². The molecule has 3 N–H and O–H groups in total. The lowest BCUT2D eigenvalue weighted by Crippen LogP contribution is -2.09. The molecule has 1 heterocycles. The summed E-state index contributed by atoms with van der Waals surface area (Å²) in [6, 6.07) is 0. The van der Waals surface area contributed by atoms with Crippen LogP contribution in [-0.4, -0.2) is 21.5 Å². The van der Waals surface area contributed by atoms with E-state index in [0.717, 1.165) is 18.4 Å². The third-order valence-corrected chi connectivity index (χ3v) is 2.39. The second-order valence-corrected chi connectivity index (χ2v) is 3.52. The van der Waals surface area contributed by atoms with Crippen molar-refractivity contribution < 1.29 is 0 Å². The molecule has 1 aromatic rings. The number of nitrogens with one attached hydrogen (secondary N) is 1. The maximum Gasteiger partial charge on any atom is 0.227 e. The quantitative estimate of drug-likeness (QED) is 0.707. The normalized spacial score (nSPS) is 25.6. The molecule has 2 atom stereocenters. The van der Waals surface area contributed by atoms with Gasteiger partial charge in [0, 0.05) is 6.54 Å². The number of rotatable bonds is 3. The van der Waals surface area contributed by atoms with E-state index >= 15 is 0 Å². The highest BCUT2D eigenvalue weighted by atomic mass is 15.2. The molecule has 1 aliphatic carbocycles. The first-order valence-corrected chi connectivity index (χ1v) is 4.44. The molecular weight excluding hydrogens is 166 g/mol. The minimum Gasteiger partial charge on any atom is -0.368 e. The number of nitrogens with two attached hydrogens (primary N) is 1. The highest BCUT2D eigenvalue weighted by Gasteiger charge is 2.31. The predicted octanol–water partition coefficient (Wildman–Crippen LogP) is 0.522. The molecule has 0 radical (unpaired) electrons. The molecule has 0 aliphatic heterocycles. The van der Waals surface area contributed by atoms with E-state index in [-0.39, 0.29) is 5.95 Å². The minimum atomic E-state index is 0.265. The van der Waals surface area contributed by atoms with Crippen LogP contribution in [0.5, 0.6) is 0 Å². The third kappa shape index (κ3) is 2.05. The Bertz CT molecular complexity index is 300. The van der Waals surface area contributed by atoms with Gasteiger partial charge in [-0.25, -0.2) is 9.97 Å². The fourth-order valence-electron chi connectivity index (χ4n) is 1.30. The Kier molecular flexibility index (Phi) is 2.00. The Labute approximate surface area is 76.8 Å². The molecule has 13 heavy (non-hydrogen) atoms. The number of hydrogen-bond acceptors (Lipinski definition) is 5. The fourth-order valence-corrected chi connectivity index (χ4v) is 1.30. The molecule has 1 saturated carbocycles. The third-order valence-electron chi connectivity index (χ3n) is 2.39. The van der Waals surface area contributed by atoms with Crippen LogP contribution < -0.4 is 11.1 Å². The smallest absolute Gasteiger partial charge is 0.227 e. The van der Waals surface area contributed by atoms with Gasteiger partial charge in [-0.1, -0.05) is 6.92 Å². The van der Waals surface area contributed by atoms with Crippen molar-refractivity contribution >= 4 is 11.9 Å². The Hall–Kier alpha value is -1.39. The van der Waals surface area contributed by atoms with Gasteiger partial charge in [0.05, 0.1) is 0 Å². The highest BCUT2D eigenvalue weighted by molar-refractivity contribution is 5.29. The zero-order valence-electron chi connectivity index (χ0n) is 7.57. The van der Waals surface area contributed by atoms with Crippen LogP contribution in [0, 0.1) is 11.8 Å². The van der Waals surface area contributed by atoms with Crippen molar-refractivity contribution in [1.82, 2.24) is 15.0 Å². The standard InChI is InChI=1S/C8H13N5/c1-5-2-6(5)3-10-8-12-4-11-7(9)13-8/h4-6H,2-3H2,1H3,(H3,9,10,11,12,13). The summed E-state index contributed by atoms with van der Waals surface area (Å²) in [4.78, 5) is 11.6. The van der Waals surface area contributed by atoms with E-state index in [4.69, 9.17) is 5.73 Å². The molecular formula is C8H13N5. The summed E-state index contributed by atoms with van der Waals surface area (Å²) < 4.78 is 0. The lowest BCUT2D eigenvalue weighted by molar-refractivity contribution is 0.780. The Morgan fingerprint density at radius 3 is 3.00 bits per heavy atom. The summed E-state index contributed by atoms with van der Waals surface area (Å²) in [5, 5.41) is 3.14. The van der Waals surface area contributed by atoms with Gasteiger partial charge in [0.1, 0.15) is 6.33 Å². The monoisotopic (exact) mass is 179 g/mol. The Balaban J connectivity index is 1.87. The highest BCUT2D eigenvalue weighted by Crippen LogP contribution is 2.37. The molecule has 0 spiro atoms. The van der Waals surface area contributed by atoms with E-state index in [1.54, 1.807) is 0 Å². The number of nitrogen functional groups attached to an aromatic ring is 1. The molecule has 70 valence electrons. The van der Waals surface area contributed by atoms with Gasteiger partial charge in [0.15, 0.2) is 0 Å². The van der Waals surface area contributed by atoms with Gasteiger partial charge in [-0.2, -0.15) is 4.98 Å². The van der Waals surface area contributed by atoms with Crippen LogP contribution in [0.15, 0.2) is 6.33 Å². The average molecular weight is 179 g/mol. The molecule has 2 rings (SSSR count). The summed E-state index contributed by atoms with van der Waals surface area (Å²) >= 11 is 0. The van der Waals surface area contributed by atoms with Crippen LogP contribution in [0.25, 0.3) is 0 Å². The first-order chi connectivity index (χ1) is 6.25. The molecule has 0 aromatic carbocycles. The van der Waals surface area contributed by atoms with Gasteiger partial charge in [-0.3, -0.25) is 0 Å². The topological polar surface area (TPSA) is 76.7 Å². The summed E-state index contributed by atoms with van der Waals surface area (Å²) in [5.74, 6) is 2.46. The molecule has 2 unspecified atom stereocenters. The van der Waals surface area contributed by atoms with Crippen LogP contribution in [0.2, 0.25) is 0 Å². The summed E-state index contributed by atoms with van der Waals surface area (Å²) in [6.07, 6.45) is 2.72. The second-order valence-electron chi connectivity index (χ2n) is 3.52. The van der Waals surface area contributed by atoms with Crippen molar-refractivity contribution in [2.45, 2.75) is 13.3 Å². The van der Waals surface area contributed by atoms with E-state index in [1.807, 2.05) is 0 Å². The van der Waals surface area contributed by atoms with Gasteiger partial charge in [0.25, 0.3) is 0 Å². The van der Waals surface area contributed by atoms with Gasteiger partial charge < -0.3 is 11.1 Å². The van der Waals surface area contributed by atoms with Crippen molar-refractivity contribution in [1.29, 1.82) is 0 Å². The Morgan fingerprint density at radius 2 is 2.38 bits per heavy atom. The van der Waals surface area contributed by atoms with Crippen molar-refractivity contribution in [3.05, 3.63) is 6.33 Å². The zero-order valence-corrected chi connectivity index (χ0v) is 7.57. The van der Waals surface area contributed by atoms with Crippen LogP contribution >= 0.6 is 0 Å². The lowest BCUT2D eigenvalue weighted by Gasteiger charge is -2.02. The minimum absolute atomic E-state index is 0.265. The first-order valence-electron chi connectivity index (χ1n) is 4.44. The molecule has 1 fully saturated rings. The molecule has 5 nitrogen and oxygen atoms in total. The van der Waals surface area contributed by atoms with E-state index in [9.17, 15) is 0 Å². The number of nitrogens with zero attached hydrogens (tertiary/aromatic N) is 3. The number of anilines is 2. The zero-order chi connectivity index (χ0) is 9.26. The van der Waals surface area contributed by atoms with Crippen molar-refractivity contribution in [2.24, 2.45) is 11.8 Å². The number of aromatic nitrogens is 3. The second kappa shape index (κ2) is 3.16. The summed E-state index contributed by atoms with van der Waals surface area (Å²) in [5.41, 5.74) is 5.41. The summed E-state index contributed by atoms with van der Waals surface area (Å²) in [7, 11) is 0. The fraction of sp³-hybridized carbons (Fsp3) is 0.625. The Morgan fingerprint density at radius 1 is 1.62 bits per heavy atom. The molecule has 0 saturated heterocycles. The molecule has 0 bridgehead atoms. The molecule has 1 aliphatic rings. The van der Waals surface area contributed by atoms with Gasteiger partial charge >= 0.3 is 0 Å². The van der Waals surface area contributed by atoms with E-state index in [0.29, 0.717) is 5.95 Å². The predicted molar refractivity (Wildman–Crippen MR) is 50.0 cm³/mol. The lowest BCUT2D eigenvalue weighted by atomic mass is 10.3. The number of hydrogen-bond donors (Lipinski definition) is 2. The van der Waals surface area contributed by atoms with E-state index in [1.165, 1.54) is 12.7 Å². The van der Waals surface area contributed by atoms with E-state index in [2.05, 4.69) is 27.2 Å². The first kappa shape index (κ1) is 8.22. The molecule has 0 amide bonds. The molecule has 1 aromatic heterocycles. The summed E-state index contributed by atoms with van der Waals surface area (Å²) in [6.45, 7) is 3.18. The SMILES string of the molecule is CC1CC1CNc1ncnc(N)n1. The van der Waals surface area contributed by atoms with Crippen molar-refractivity contribution in [3.63, 3.8) is 0 Å². The van der Waals surface area contributed by atoms with E-state index < -0.39 is 0 Å². The van der Waals surface area contributed by atoms with Crippen LogP contribution in [-0.2, 0) is 0 Å². The van der Waals surface area contributed by atoms with Crippen molar-refractivity contribution in [2.75, 3.05) is 17.6 Å². The maximum atomic E-state index is 5.41. The van der Waals surface area contributed by atoms with Gasteiger partial charge in [0.2, 0.25) is 11.9 Å². The van der Waals surface area contributed by atoms with Crippen molar-refractivity contribution in [3.8, 4) is 0 Å². The van der Waals surface area contributed by atoms with Crippen LogP contribution in [0.4, 0.5) is 11.9 Å². The van der Waals surface area contributed by atoms with Gasteiger partial charge in [-0.15, -0.1) is 0 Å².